The molecule has 0 saturated heterocycles. The van der Waals surface area contributed by atoms with E-state index < -0.39 is 0 Å². The van der Waals surface area contributed by atoms with Crippen LogP contribution in [-0.4, -0.2) is 11.1 Å². The molecule has 0 heterocycles. The minimum absolute atomic E-state index is 0.223. The van der Waals surface area contributed by atoms with E-state index in [4.69, 9.17) is 0 Å². The quantitative estimate of drug-likeness (QED) is 0.679. The fraction of sp³-hybridized carbons (Fsp3) is 0.667. The van der Waals surface area contributed by atoms with Crippen molar-refractivity contribution in [2.75, 3.05) is 0 Å². The van der Waals surface area contributed by atoms with Gasteiger partial charge in [-0.05, 0) is 50.3 Å². The van der Waals surface area contributed by atoms with Crippen LogP contribution in [0.1, 0.15) is 70.4 Å². The Morgan fingerprint density at radius 1 is 1.24 bits per heavy atom. The minimum atomic E-state index is 0.223. The Hall–Kier alpha value is -0.540. The van der Waals surface area contributed by atoms with Gasteiger partial charge >= 0.3 is 0 Å². The van der Waals surface area contributed by atoms with Crippen molar-refractivity contribution in [2.45, 2.75) is 70.9 Å². The summed E-state index contributed by atoms with van der Waals surface area (Å²) in [5, 5.41) is 13.9. The molecule has 0 spiro atoms. The molecule has 2 N–H and O–H groups in total. The number of halogens is 1. The van der Waals surface area contributed by atoms with Crippen LogP contribution in [-0.2, 0) is 0 Å². The number of nitrogens with one attached hydrogen (secondary N) is 1. The Morgan fingerprint density at radius 3 is 2.52 bits per heavy atom. The highest BCUT2D eigenvalue weighted by molar-refractivity contribution is 9.10. The molecule has 1 aliphatic rings. The summed E-state index contributed by atoms with van der Waals surface area (Å²) in [4.78, 5) is 0. The van der Waals surface area contributed by atoms with Crippen molar-refractivity contribution in [3.05, 3.63) is 28.2 Å². The number of benzene rings is 1. The zero-order valence-electron chi connectivity index (χ0n) is 13.2. The third-order valence-corrected chi connectivity index (χ3v) is 5.34. The van der Waals surface area contributed by atoms with Gasteiger partial charge in [-0.15, -0.1) is 0 Å². The van der Waals surface area contributed by atoms with Crippen LogP contribution in [0.25, 0.3) is 0 Å². The maximum Gasteiger partial charge on any atom is 0.120 e. The second-order valence-electron chi connectivity index (χ2n) is 6.37. The van der Waals surface area contributed by atoms with E-state index in [-0.39, 0.29) is 6.04 Å². The molecule has 1 fully saturated rings. The molecule has 0 radical (unpaired) electrons. The van der Waals surface area contributed by atoms with Gasteiger partial charge in [-0.2, -0.15) is 0 Å². The summed E-state index contributed by atoms with van der Waals surface area (Å²) in [6, 6.07) is 6.43. The molecule has 0 amide bonds. The summed E-state index contributed by atoms with van der Waals surface area (Å²) in [5.74, 6) is 1.17. The third kappa shape index (κ3) is 4.72. The lowest BCUT2D eigenvalue weighted by Gasteiger charge is -2.29. The van der Waals surface area contributed by atoms with Crippen LogP contribution in [0.2, 0.25) is 0 Å². The molecule has 1 saturated carbocycles. The summed E-state index contributed by atoms with van der Waals surface area (Å²) in [7, 11) is 0. The Balaban J connectivity index is 2.05. The predicted octanol–water partition coefficient (Wildman–Crippen LogP) is 5.55. The lowest BCUT2D eigenvalue weighted by Crippen LogP contribution is -2.36. The highest BCUT2D eigenvalue weighted by Gasteiger charge is 2.23. The van der Waals surface area contributed by atoms with Crippen LogP contribution in [0.3, 0.4) is 0 Å². The SMILES string of the molecule is CCC(N[C@@H](C)C1CCCCCC1)c1cc(Br)ccc1O. The summed E-state index contributed by atoms with van der Waals surface area (Å²) >= 11 is 3.51. The van der Waals surface area contributed by atoms with Gasteiger partial charge in [0.2, 0.25) is 0 Å². The Bertz CT molecular complexity index is 441. The number of phenols is 1. The smallest absolute Gasteiger partial charge is 0.120 e. The number of hydrogen-bond donors (Lipinski definition) is 2. The highest BCUT2D eigenvalue weighted by atomic mass is 79.9. The first kappa shape index (κ1) is 16.8. The molecule has 2 atom stereocenters. The van der Waals surface area contributed by atoms with Crippen LogP contribution in [0.5, 0.6) is 5.75 Å². The summed E-state index contributed by atoms with van der Waals surface area (Å²) in [6.45, 7) is 4.49. The van der Waals surface area contributed by atoms with E-state index >= 15 is 0 Å². The van der Waals surface area contributed by atoms with Crippen LogP contribution < -0.4 is 5.32 Å². The van der Waals surface area contributed by atoms with Crippen LogP contribution in [0, 0.1) is 5.92 Å². The van der Waals surface area contributed by atoms with E-state index in [9.17, 15) is 5.11 Å². The van der Waals surface area contributed by atoms with Gasteiger partial charge < -0.3 is 10.4 Å². The average molecular weight is 354 g/mol. The van der Waals surface area contributed by atoms with Crippen molar-refractivity contribution in [1.82, 2.24) is 5.32 Å². The van der Waals surface area contributed by atoms with Gasteiger partial charge in [0.1, 0.15) is 5.75 Å². The molecule has 2 nitrogen and oxygen atoms in total. The topological polar surface area (TPSA) is 32.3 Å². The Morgan fingerprint density at radius 2 is 1.90 bits per heavy atom. The second-order valence-corrected chi connectivity index (χ2v) is 7.29. The van der Waals surface area contributed by atoms with Crippen molar-refractivity contribution in [1.29, 1.82) is 0 Å². The maximum atomic E-state index is 10.1. The summed E-state index contributed by atoms with van der Waals surface area (Å²) in [5.41, 5.74) is 1.01. The minimum Gasteiger partial charge on any atom is -0.508 e. The molecule has 0 aromatic heterocycles. The molecule has 0 bridgehead atoms. The van der Waals surface area contributed by atoms with Crippen molar-refractivity contribution in [2.24, 2.45) is 5.92 Å². The predicted molar refractivity (Wildman–Crippen MR) is 92.6 cm³/mol. The Kier molecular flexibility index (Phi) is 6.56. The average Bonchev–Trinajstić information content (AvgIpc) is 2.76. The fourth-order valence-electron chi connectivity index (χ4n) is 3.50. The van der Waals surface area contributed by atoms with E-state index in [0.29, 0.717) is 11.8 Å². The van der Waals surface area contributed by atoms with Gasteiger partial charge in [0.25, 0.3) is 0 Å². The molecule has 0 aliphatic heterocycles. The molecular formula is C18H28BrNO. The summed E-state index contributed by atoms with van der Waals surface area (Å²) in [6.07, 6.45) is 9.20. The molecule has 1 aromatic rings. The van der Waals surface area contributed by atoms with Gasteiger partial charge in [-0.1, -0.05) is 48.5 Å². The first-order chi connectivity index (χ1) is 10.1. The highest BCUT2D eigenvalue weighted by Crippen LogP contribution is 2.32. The maximum absolute atomic E-state index is 10.1. The standard InChI is InChI=1S/C18H28BrNO/c1-3-17(16-12-15(19)10-11-18(16)21)20-13(2)14-8-6-4-5-7-9-14/h10-14,17,20-21H,3-9H2,1-2H3/t13-,17?/m0/s1. The second kappa shape index (κ2) is 8.19. The zero-order valence-corrected chi connectivity index (χ0v) is 14.8. The normalized spacial score (nSPS) is 20.0. The van der Waals surface area contributed by atoms with Crippen molar-refractivity contribution >= 4 is 15.9 Å². The first-order valence-electron chi connectivity index (χ1n) is 8.36. The van der Waals surface area contributed by atoms with Crippen LogP contribution in [0.15, 0.2) is 22.7 Å². The first-order valence-corrected chi connectivity index (χ1v) is 9.15. The number of rotatable bonds is 5. The van der Waals surface area contributed by atoms with Crippen molar-refractivity contribution in [3.8, 4) is 5.75 Å². The lowest BCUT2D eigenvalue weighted by molar-refractivity contribution is 0.303. The number of hydrogen-bond acceptors (Lipinski definition) is 2. The van der Waals surface area contributed by atoms with E-state index in [1.807, 2.05) is 12.1 Å². The molecule has 118 valence electrons. The molecule has 3 heteroatoms. The van der Waals surface area contributed by atoms with Gasteiger partial charge in [0.15, 0.2) is 0 Å². The van der Waals surface area contributed by atoms with Gasteiger partial charge in [0, 0.05) is 22.1 Å². The fourth-order valence-corrected chi connectivity index (χ4v) is 3.88. The third-order valence-electron chi connectivity index (χ3n) is 4.84. The van der Waals surface area contributed by atoms with Crippen LogP contribution >= 0.6 is 15.9 Å². The van der Waals surface area contributed by atoms with Gasteiger partial charge in [-0.25, -0.2) is 0 Å². The molecule has 21 heavy (non-hydrogen) atoms. The van der Waals surface area contributed by atoms with Gasteiger partial charge in [0.05, 0.1) is 0 Å². The lowest BCUT2D eigenvalue weighted by atomic mass is 9.91. The van der Waals surface area contributed by atoms with E-state index in [1.54, 1.807) is 6.07 Å². The van der Waals surface area contributed by atoms with Crippen molar-refractivity contribution < 1.29 is 5.11 Å². The zero-order chi connectivity index (χ0) is 15.2. The largest absolute Gasteiger partial charge is 0.508 e. The van der Waals surface area contributed by atoms with E-state index in [0.717, 1.165) is 22.4 Å². The molecule has 2 rings (SSSR count). The molecule has 1 unspecified atom stereocenters. The summed E-state index contributed by atoms with van der Waals surface area (Å²) < 4.78 is 1.03. The number of phenolic OH excluding ortho intramolecular Hbond substituents is 1. The van der Waals surface area contributed by atoms with Crippen LogP contribution in [0.4, 0.5) is 0 Å². The van der Waals surface area contributed by atoms with E-state index in [1.165, 1.54) is 38.5 Å². The molecule has 1 aromatic carbocycles. The monoisotopic (exact) mass is 353 g/mol. The number of aromatic hydroxyl groups is 1. The van der Waals surface area contributed by atoms with Crippen molar-refractivity contribution in [3.63, 3.8) is 0 Å². The molecule has 1 aliphatic carbocycles. The van der Waals surface area contributed by atoms with Gasteiger partial charge in [-0.3, -0.25) is 0 Å². The Labute approximate surface area is 137 Å². The molecular weight excluding hydrogens is 326 g/mol. The van der Waals surface area contributed by atoms with E-state index in [2.05, 4.69) is 35.1 Å².